The van der Waals surface area contributed by atoms with Crippen molar-refractivity contribution in [2.45, 2.75) is 63.7 Å². The monoisotopic (exact) mass is 463 g/mol. The van der Waals surface area contributed by atoms with Crippen molar-refractivity contribution in [2.75, 3.05) is 25.2 Å². The molecule has 0 spiro atoms. The smallest absolute Gasteiger partial charge is 0.328 e. The quantitative estimate of drug-likeness (QED) is 0.132. The standard InChI is InChI=1S/C19H37N5O6S/c1-11(2)15(24-16(26)12(21)7-9-31-3)18(28)22-13(6-4-5-8-20)17(27)23-14(10-25)19(29)30/h11-15,25H,4-10,20-21H2,1-3H3,(H,22,28)(H,23,27)(H,24,26)(H,29,30). The molecule has 0 radical (unpaired) electrons. The zero-order chi connectivity index (χ0) is 24.0. The van der Waals surface area contributed by atoms with Gasteiger partial charge in [-0.25, -0.2) is 4.79 Å². The maximum atomic E-state index is 12.9. The lowest BCUT2D eigenvalue weighted by atomic mass is 10.0. The van der Waals surface area contributed by atoms with E-state index in [4.69, 9.17) is 21.7 Å². The number of nitrogens with one attached hydrogen (secondary N) is 3. The Kier molecular flexibility index (Phi) is 14.9. The summed E-state index contributed by atoms with van der Waals surface area (Å²) < 4.78 is 0. The van der Waals surface area contributed by atoms with Gasteiger partial charge < -0.3 is 37.6 Å². The number of amides is 3. The Bertz CT molecular complexity index is 592. The summed E-state index contributed by atoms with van der Waals surface area (Å²) in [7, 11) is 0. The molecule has 0 rings (SSSR count). The summed E-state index contributed by atoms with van der Waals surface area (Å²) in [4.78, 5) is 48.8. The summed E-state index contributed by atoms with van der Waals surface area (Å²) in [5, 5.41) is 25.6. The molecule has 0 aromatic carbocycles. The van der Waals surface area contributed by atoms with Crippen molar-refractivity contribution in [3.63, 3.8) is 0 Å². The molecule has 0 aliphatic heterocycles. The molecular weight excluding hydrogens is 426 g/mol. The largest absolute Gasteiger partial charge is 0.480 e. The topological polar surface area (TPSA) is 197 Å². The maximum absolute atomic E-state index is 12.9. The summed E-state index contributed by atoms with van der Waals surface area (Å²) in [6.07, 6.45) is 3.71. The summed E-state index contributed by atoms with van der Waals surface area (Å²) in [5.41, 5.74) is 11.3. The number of carbonyl (C=O) groups excluding carboxylic acids is 3. The lowest BCUT2D eigenvalue weighted by Gasteiger charge is -2.27. The Balaban J connectivity index is 5.28. The van der Waals surface area contributed by atoms with Gasteiger partial charge in [0.1, 0.15) is 18.1 Å². The van der Waals surface area contributed by atoms with Crippen LogP contribution in [-0.4, -0.2) is 83.2 Å². The van der Waals surface area contributed by atoms with Gasteiger partial charge >= 0.3 is 5.97 Å². The number of carboxylic acids is 1. The van der Waals surface area contributed by atoms with Crippen LogP contribution in [0.2, 0.25) is 0 Å². The van der Waals surface area contributed by atoms with Crippen LogP contribution in [0.15, 0.2) is 0 Å². The number of hydrogen-bond donors (Lipinski definition) is 7. The highest BCUT2D eigenvalue weighted by Gasteiger charge is 2.31. The molecule has 0 fully saturated rings. The van der Waals surface area contributed by atoms with Crippen LogP contribution in [-0.2, 0) is 19.2 Å². The molecule has 4 unspecified atom stereocenters. The van der Waals surface area contributed by atoms with Crippen LogP contribution in [0.1, 0.15) is 39.5 Å². The Morgan fingerprint density at radius 2 is 1.55 bits per heavy atom. The first-order chi connectivity index (χ1) is 14.6. The van der Waals surface area contributed by atoms with E-state index < -0.39 is 54.5 Å². The fourth-order valence-electron chi connectivity index (χ4n) is 2.65. The van der Waals surface area contributed by atoms with Gasteiger partial charge in [0.25, 0.3) is 0 Å². The van der Waals surface area contributed by atoms with Gasteiger partial charge in [0, 0.05) is 0 Å². The Hall–Kier alpha value is -1.89. The molecule has 180 valence electrons. The molecule has 31 heavy (non-hydrogen) atoms. The Morgan fingerprint density at radius 3 is 2.03 bits per heavy atom. The van der Waals surface area contributed by atoms with Gasteiger partial charge in [0.15, 0.2) is 0 Å². The van der Waals surface area contributed by atoms with E-state index in [-0.39, 0.29) is 12.3 Å². The third-order valence-corrected chi connectivity index (χ3v) is 5.24. The van der Waals surface area contributed by atoms with E-state index in [1.807, 2.05) is 6.26 Å². The number of nitrogens with two attached hydrogens (primary N) is 2. The second-order valence-electron chi connectivity index (χ2n) is 7.55. The summed E-state index contributed by atoms with van der Waals surface area (Å²) in [6, 6.07) is -4.22. The number of aliphatic hydroxyl groups excluding tert-OH is 1. The second-order valence-corrected chi connectivity index (χ2v) is 8.53. The van der Waals surface area contributed by atoms with Gasteiger partial charge in [-0.3, -0.25) is 14.4 Å². The highest BCUT2D eigenvalue weighted by atomic mass is 32.2. The highest BCUT2D eigenvalue weighted by molar-refractivity contribution is 7.98. The van der Waals surface area contributed by atoms with Crippen LogP contribution in [0.5, 0.6) is 0 Å². The summed E-state index contributed by atoms with van der Waals surface area (Å²) in [5.74, 6) is -2.76. The number of hydrogen-bond acceptors (Lipinski definition) is 8. The fourth-order valence-corrected chi connectivity index (χ4v) is 3.14. The predicted molar refractivity (Wildman–Crippen MR) is 119 cm³/mol. The molecule has 3 amide bonds. The number of unbranched alkanes of at least 4 members (excludes halogenated alkanes) is 1. The van der Waals surface area contributed by atoms with E-state index in [9.17, 15) is 19.2 Å². The van der Waals surface area contributed by atoms with Crippen molar-refractivity contribution in [3.05, 3.63) is 0 Å². The van der Waals surface area contributed by atoms with Gasteiger partial charge in [-0.2, -0.15) is 11.8 Å². The van der Waals surface area contributed by atoms with E-state index in [0.29, 0.717) is 31.6 Å². The molecule has 4 atom stereocenters. The van der Waals surface area contributed by atoms with Crippen molar-refractivity contribution < 1.29 is 29.4 Å². The average Bonchev–Trinajstić information content (AvgIpc) is 2.72. The van der Waals surface area contributed by atoms with E-state index in [2.05, 4.69) is 16.0 Å². The molecular formula is C19H37N5O6S. The van der Waals surface area contributed by atoms with Gasteiger partial charge in [0.2, 0.25) is 17.7 Å². The van der Waals surface area contributed by atoms with Crippen molar-refractivity contribution in [1.29, 1.82) is 0 Å². The number of thioether (sulfide) groups is 1. The molecule has 0 bridgehead atoms. The second kappa shape index (κ2) is 15.8. The number of carboxylic acid groups (broad SMARTS) is 1. The Labute approximate surface area is 187 Å². The minimum Gasteiger partial charge on any atom is -0.480 e. The number of aliphatic hydroxyl groups is 1. The van der Waals surface area contributed by atoms with Crippen LogP contribution >= 0.6 is 11.8 Å². The molecule has 0 saturated carbocycles. The van der Waals surface area contributed by atoms with Crippen LogP contribution in [0.4, 0.5) is 0 Å². The zero-order valence-corrected chi connectivity index (χ0v) is 19.2. The van der Waals surface area contributed by atoms with Crippen molar-refractivity contribution in [3.8, 4) is 0 Å². The van der Waals surface area contributed by atoms with Crippen LogP contribution in [0, 0.1) is 5.92 Å². The lowest BCUT2D eigenvalue weighted by molar-refractivity contribution is -0.143. The average molecular weight is 464 g/mol. The number of aliphatic carboxylic acids is 1. The van der Waals surface area contributed by atoms with Gasteiger partial charge in [-0.1, -0.05) is 13.8 Å². The van der Waals surface area contributed by atoms with Crippen LogP contribution in [0.25, 0.3) is 0 Å². The molecule has 0 aromatic heterocycles. The SMILES string of the molecule is CSCCC(N)C(=O)NC(C(=O)NC(CCCCN)C(=O)NC(CO)C(=O)O)C(C)C. The molecule has 12 heteroatoms. The van der Waals surface area contributed by atoms with Crippen LogP contribution < -0.4 is 27.4 Å². The lowest BCUT2D eigenvalue weighted by Crippen LogP contribution is -2.58. The molecule has 0 aliphatic carbocycles. The summed E-state index contributed by atoms with van der Waals surface area (Å²) >= 11 is 1.56. The predicted octanol–water partition coefficient (Wildman–Crippen LogP) is -1.62. The van der Waals surface area contributed by atoms with E-state index in [0.717, 1.165) is 0 Å². The zero-order valence-electron chi connectivity index (χ0n) is 18.4. The van der Waals surface area contributed by atoms with Gasteiger partial charge in [-0.15, -0.1) is 0 Å². The molecule has 11 nitrogen and oxygen atoms in total. The number of carbonyl (C=O) groups is 4. The van der Waals surface area contributed by atoms with Crippen molar-refractivity contribution >= 4 is 35.5 Å². The van der Waals surface area contributed by atoms with Crippen LogP contribution in [0.3, 0.4) is 0 Å². The first kappa shape index (κ1) is 29.1. The van der Waals surface area contributed by atoms with Gasteiger partial charge in [0.05, 0.1) is 12.6 Å². The molecule has 9 N–H and O–H groups in total. The minimum atomic E-state index is -1.49. The fraction of sp³-hybridized carbons (Fsp3) is 0.789. The van der Waals surface area contributed by atoms with Crippen molar-refractivity contribution in [1.82, 2.24) is 16.0 Å². The van der Waals surface area contributed by atoms with Crippen molar-refractivity contribution in [2.24, 2.45) is 17.4 Å². The number of rotatable bonds is 16. The maximum Gasteiger partial charge on any atom is 0.328 e. The highest BCUT2D eigenvalue weighted by Crippen LogP contribution is 2.07. The molecule has 0 saturated heterocycles. The molecule has 0 aliphatic rings. The normalized spacial score (nSPS) is 14.9. The third-order valence-electron chi connectivity index (χ3n) is 4.59. The van der Waals surface area contributed by atoms with E-state index in [1.165, 1.54) is 0 Å². The van der Waals surface area contributed by atoms with E-state index >= 15 is 0 Å². The van der Waals surface area contributed by atoms with E-state index in [1.54, 1.807) is 25.6 Å². The minimum absolute atomic E-state index is 0.221. The first-order valence-corrected chi connectivity index (χ1v) is 11.7. The third kappa shape index (κ3) is 11.3. The van der Waals surface area contributed by atoms with Gasteiger partial charge in [-0.05, 0) is 50.2 Å². The Morgan fingerprint density at radius 1 is 0.935 bits per heavy atom. The summed E-state index contributed by atoms with van der Waals surface area (Å²) in [6.45, 7) is 3.10. The first-order valence-electron chi connectivity index (χ1n) is 10.3. The molecule has 0 heterocycles. The molecule has 0 aromatic rings.